The maximum Gasteiger partial charge on any atom is 0.269 e. The predicted molar refractivity (Wildman–Crippen MR) is 131 cm³/mol. The van der Waals surface area contributed by atoms with Crippen molar-refractivity contribution in [3.63, 3.8) is 0 Å². The SMILES string of the molecule is CNC(=O)c1ccc(N2CCN(Cc3cnc4c(c3)[nH]c(=O)c3cc(F)ccc34)CC2CO)cn1. The van der Waals surface area contributed by atoms with Crippen molar-refractivity contribution in [1.29, 1.82) is 0 Å². The second kappa shape index (κ2) is 9.40. The summed E-state index contributed by atoms with van der Waals surface area (Å²) >= 11 is 0. The molecule has 1 aliphatic heterocycles. The fourth-order valence-corrected chi connectivity index (χ4v) is 4.64. The van der Waals surface area contributed by atoms with Crippen LogP contribution >= 0.6 is 0 Å². The van der Waals surface area contributed by atoms with E-state index in [0.717, 1.165) is 17.8 Å². The minimum absolute atomic E-state index is 0.0282. The van der Waals surface area contributed by atoms with Crippen molar-refractivity contribution >= 4 is 33.4 Å². The molecule has 4 aromatic rings. The Labute approximate surface area is 200 Å². The molecule has 10 heteroatoms. The number of benzene rings is 1. The third-order valence-electron chi connectivity index (χ3n) is 6.40. The highest BCUT2D eigenvalue weighted by Gasteiger charge is 2.27. The number of hydrogen-bond donors (Lipinski definition) is 3. The van der Waals surface area contributed by atoms with E-state index in [-0.39, 0.29) is 29.5 Å². The van der Waals surface area contributed by atoms with Crippen molar-refractivity contribution in [2.45, 2.75) is 12.6 Å². The van der Waals surface area contributed by atoms with E-state index >= 15 is 0 Å². The lowest BCUT2D eigenvalue weighted by molar-refractivity contribution is 0.0958. The Kier molecular flexibility index (Phi) is 6.14. The van der Waals surface area contributed by atoms with Crippen LogP contribution in [0.5, 0.6) is 0 Å². The molecule has 0 aliphatic carbocycles. The topological polar surface area (TPSA) is 114 Å². The molecule has 5 rings (SSSR count). The van der Waals surface area contributed by atoms with E-state index in [1.54, 1.807) is 31.6 Å². The molecule has 3 aromatic heterocycles. The summed E-state index contributed by atoms with van der Waals surface area (Å²) in [5.41, 5.74) is 2.99. The number of pyridine rings is 3. The summed E-state index contributed by atoms with van der Waals surface area (Å²) in [4.78, 5) is 40.1. The van der Waals surface area contributed by atoms with Gasteiger partial charge in [-0.2, -0.15) is 0 Å². The Hall–Kier alpha value is -3.89. The molecule has 0 saturated carbocycles. The van der Waals surface area contributed by atoms with Crippen molar-refractivity contribution in [1.82, 2.24) is 25.2 Å². The molecular weight excluding hydrogens is 451 g/mol. The Morgan fingerprint density at radius 1 is 1.17 bits per heavy atom. The predicted octanol–water partition coefficient (Wildman–Crippen LogP) is 1.65. The molecule has 0 bridgehead atoms. The lowest BCUT2D eigenvalue weighted by Gasteiger charge is -2.42. The summed E-state index contributed by atoms with van der Waals surface area (Å²) in [6, 6.07) is 9.41. The van der Waals surface area contributed by atoms with E-state index in [1.807, 2.05) is 12.1 Å². The summed E-state index contributed by atoms with van der Waals surface area (Å²) in [5.74, 6) is -0.708. The number of halogens is 1. The smallest absolute Gasteiger partial charge is 0.269 e. The largest absolute Gasteiger partial charge is 0.394 e. The number of aromatic nitrogens is 3. The number of H-pyrrole nitrogens is 1. The van der Waals surface area contributed by atoms with Gasteiger partial charge in [-0.1, -0.05) is 0 Å². The molecule has 1 saturated heterocycles. The summed E-state index contributed by atoms with van der Waals surface area (Å²) in [7, 11) is 1.56. The second-order valence-electron chi connectivity index (χ2n) is 8.63. The van der Waals surface area contributed by atoms with Crippen molar-refractivity contribution < 1.29 is 14.3 Å². The number of fused-ring (bicyclic) bond motifs is 3. The number of aliphatic hydroxyl groups is 1. The third kappa shape index (κ3) is 4.45. The molecule has 4 heterocycles. The van der Waals surface area contributed by atoms with Crippen LogP contribution < -0.4 is 15.8 Å². The van der Waals surface area contributed by atoms with E-state index < -0.39 is 5.82 Å². The van der Waals surface area contributed by atoms with E-state index in [1.165, 1.54) is 12.1 Å². The van der Waals surface area contributed by atoms with Crippen molar-refractivity contribution in [3.8, 4) is 0 Å². The number of aliphatic hydroxyl groups excluding tert-OH is 1. The number of anilines is 1. The molecule has 1 aromatic carbocycles. The van der Waals surface area contributed by atoms with Crippen LogP contribution in [0.1, 0.15) is 16.1 Å². The molecule has 9 nitrogen and oxygen atoms in total. The molecule has 35 heavy (non-hydrogen) atoms. The molecule has 1 amide bonds. The Morgan fingerprint density at radius 2 is 2.03 bits per heavy atom. The quantitative estimate of drug-likeness (QED) is 0.375. The maximum absolute atomic E-state index is 13.6. The van der Waals surface area contributed by atoms with Gasteiger partial charge in [0.2, 0.25) is 0 Å². The van der Waals surface area contributed by atoms with Gasteiger partial charge in [0.15, 0.2) is 0 Å². The van der Waals surface area contributed by atoms with Gasteiger partial charge in [-0.05, 0) is 42.0 Å². The number of nitrogens with one attached hydrogen (secondary N) is 2. The number of carbonyl (C=O) groups is 1. The molecule has 180 valence electrons. The van der Waals surface area contributed by atoms with Crippen LogP contribution in [0.25, 0.3) is 21.8 Å². The Bertz CT molecular complexity index is 1460. The van der Waals surface area contributed by atoms with Gasteiger partial charge in [0.25, 0.3) is 11.5 Å². The first-order valence-electron chi connectivity index (χ1n) is 11.3. The summed E-state index contributed by atoms with van der Waals surface area (Å²) in [6.45, 7) is 2.63. The van der Waals surface area contributed by atoms with Gasteiger partial charge < -0.3 is 20.3 Å². The zero-order valence-corrected chi connectivity index (χ0v) is 19.2. The van der Waals surface area contributed by atoms with Crippen LogP contribution in [0, 0.1) is 5.82 Å². The Morgan fingerprint density at radius 3 is 2.77 bits per heavy atom. The standard InChI is InChI=1S/C25H25FN6O3/c1-27-25(35)21-5-3-17(11-28-21)32-7-6-31(13-18(32)14-33)12-15-8-22-23(29-10-15)19-4-2-16(26)9-20(19)24(34)30-22/h2-5,8-11,18,33H,6-7,12-14H2,1H3,(H,27,35)(H,30,34). The van der Waals surface area contributed by atoms with Crippen molar-refractivity contribution in [2.75, 3.05) is 38.2 Å². The summed E-state index contributed by atoms with van der Waals surface area (Å²) in [5, 5.41) is 13.5. The lowest BCUT2D eigenvalue weighted by Crippen LogP contribution is -2.54. The van der Waals surface area contributed by atoms with Crippen LogP contribution in [0.4, 0.5) is 10.1 Å². The molecule has 3 N–H and O–H groups in total. The Balaban J connectivity index is 1.33. The fraction of sp³-hybridized carbons (Fsp3) is 0.280. The van der Waals surface area contributed by atoms with Crippen LogP contribution in [-0.2, 0) is 6.54 Å². The van der Waals surface area contributed by atoms with Crippen LogP contribution in [0.15, 0.2) is 53.6 Å². The highest BCUT2D eigenvalue weighted by atomic mass is 19.1. The van der Waals surface area contributed by atoms with Crippen LogP contribution in [-0.4, -0.2) is 70.2 Å². The highest BCUT2D eigenvalue weighted by molar-refractivity contribution is 6.02. The summed E-state index contributed by atoms with van der Waals surface area (Å²) < 4.78 is 13.6. The maximum atomic E-state index is 13.6. The van der Waals surface area contributed by atoms with E-state index in [0.29, 0.717) is 41.7 Å². The van der Waals surface area contributed by atoms with Crippen molar-refractivity contribution in [3.05, 3.63) is 76.2 Å². The average Bonchev–Trinajstić information content (AvgIpc) is 2.88. The monoisotopic (exact) mass is 476 g/mol. The molecular formula is C25H25FN6O3. The minimum atomic E-state index is -0.463. The normalized spacial score (nSPS) is 16.7. The third-order valence-corrected chi connectivity index (χ3v) is 6.40. The van der Waals surface area contributed by atoms with Gasteiger partial charge in [-0.25, -0.2) is 9.37 Å². The highest BCUT2D eigenvalue weighted by Crippen LogP contribution is 2.24. The molecule has 0 spiro atoms. The zero-order valence-electron chi connectivity index (χ0n) is 19.2. The van der Waals surface area contributed by atoms with Crippen molar-refractivity contribution in [2.24, 2.45) is 0 Å². The van der Waals surface area contributed by atoms with E-state index in [2.05, 4.69) is 30.1 Å². The number of carbonyl (C=O) groups excluding carboxylic acids is 1. The number of aromatic amines is 1. The molecule has 1 unspecified atom stereocenters. The zero-order chi connectivity index (χ0) is 24.5. The number of rotatable bonds is 5. The number of piperazine rings is 1. The molecule has 1 fully saturated rings. The van der Waals surface area contributed by atoms with E-state index in [9.17, 15) is 19.1 Å². The molecule has 0 radical (unpaired) electrons. The fourth-order valence-electron chi connectivity index (χ4n) is 4.64. The molecule has 1 aliphatic rings. The van der Waals surface area contributed by atoms with Gasteiger partial charge in [0.05, 0.1) is 41.0 Å². The number of nitrogens with zero attached hydrogens (tertiary/aromatic N) is 4. The van der Waals surface area contributed by atoms with Gasteiger partial charge in [0.1, 0.15) is 11.5 Å². The first-order valence-corrected chi connectivity index (χ1v) is 11.3. The number of hydrogen-bond acceptors (Lipinski definition) is 7. The van der Waals surface area contributed by atoms with Gasteiger partial charge in [-0.3, -0.25) is 19.5 Å². The second-order valence-corrected chi connectivity index (χ2v) is 8.63. The number of amides is 1. The molecule has 1 atom stereocenters. The van der Waals surface area contributed by atoms with Crippen LogP contribution in [0.3, 0.4) is 0 Å². The minimum Gasteiger partial charge on any atom is -0.394 e. The van der Waals surface area contributed by atoms with E-state index in [4.69, 9.17) is 0 Å². The van der Waals surface area contributed by atoms with Gasteiger partial charge >= 0.3 is 0 Å². The van der Waals surface area contributed by atoms with Gasteiger partial charge in [0, 0.05) is 44.8 Å². The first kappa shape index (κ1) is 22.9. The van der Waals surface area contributed by atoms with Crippen LogP contribution in [0.2, 0.25) is 0 Å². The average molecular weight is 477 g/mol. The van der Waals surface area contributed by atoms with Gasteiger partial charge in [-0.15, -0.1) is 0 Å². The summed E-state index contributed by atoms with van der Waals surface area (Å²) in [6.07, 6.45) is 3.42. The lowest BCUT2D eigenvalue weighted by atomic mass is 10.1. The first-order chi connectivity index (χ1) is 17.0.